The van der Waals surface area contributed by atoms with Crippen LogP contribution in [0.15, 0.2) is 91.0 Å². The summed E-state index contributed by atoms with van der Waals surface area (Å²) in [5.74, 6) is 0. The topological polar surface area (TPSA) is 17.0 Å². The Morgan fingerprint density at radius 3 is 2.19 bits per heavy atom. The van der Waals surface area contributed by atoms with E-state index in [4.69, 9.17) is 0 Å². The predicted octanol–water partition coefficient (Wildman–Crippen LogP) is 5.97. The van der Waals surface area contributed by atoms with Gasteiger partial charge in [0, 0.05) is 0 Å². The van der Waals surface area contributed by atoms with Crippen LogP contribution in [0.4, 0.5) is 5.69 Å². The lowest BCUT2D eigenvalue weighted by Gasteiger charge is -2.31. The largest absolute Gasteiger partial charge is 0.371 e. The predicted molar refractivity (Wildman–Crippen MR) is 108 cm³/mol. The van der Waals surface area contributed by atoms with E-state index in [0.717, 1.165) is 0 Å². The van der Waals surface area contributed by atoms with Gasteiger partial charge in [-0.25, -0.2) is 0 Å². The molecule has 0 bridgehead atoms. The molecule has 4 aromatic rings. The molecule has 0 spiro atoms. The maximum Gasteiger partial charge on any atom is 0.0926 e. The van der Waals surface area contributed by atoms with E-state index in [9.17, 15) is 0 Å². The molecule has 1 aromatic heterocycles. The Morgan fingerprint density at radius 2 is 1.42 bits per heavy atom. The van der Waals surface area contributed by atoms with Crippen LogP contribution in [0.3, 0.4) is 0 Å². The number of nitrogens with zero attached hydrogens (tertiary/aromatic N) is 1. The fourth-order valence-corrected chi connectivity index (χ4v) is 3.99. The fraction of sp³-hybridized carbons (Fsp3) is 0.0833. The van der Waals surface area contributed by atoms with Crippen LogP contribution >= 0.6 is 0 Å². The zero-order chi connectivity index (χ0) is 17.5. The minimum Gasteiger partial charge on any atom is -0.371 e. The van der Waals surface area contributed by atoms with Crippen LogP contribution in [0.25, 0.3) is 16.9 Å². The van der Waals surface area contributed by atoms with Crippen molar-refractivity contribution in [1.29, 1.82) is 0 Å². The van der Waals surface area contributed by atoms with Crippen LogP contribution in [0.1, 0.15) is 22.9 Å². The second-order valence-electron chi connectivity index (χ2n) is 6.80. The molecule has 1 aliphatic rings. The first-order valence-corrected chi connectivity index (χ1v) is 9.01. The Morgan fingerprint density at radius 1 is 0.769 bits per heavy atom. The third kappa shape index (κ3) is 2.26. The average Bonchev–Trinajstić information content (AvgIpc) is 3.06. The number of para-hydroxylation sites is 2. The van der Waals surface area contributed by atoms with Gasteiger partial charge in [-0.05, 0) is 41.8 Å². The number of benzene rings is 3. The summed E-state index contributed by atoms with van der Waals surface area (Å²) in [5, 5.41) is 3.75. The van der Waals surface area contributed by atoms with Gasteiger partial charge in [-0.1, -0.05) is 72.8 Å². The van der Waals surface area contributed by atoms with Crippen molar-refractivity contribution >= 4 is 5.69 Å². The molecule has 0 saturated heterocycles. The number of hydrogen-bond acceptors (Lipinski definition) is 1. The second-order valence-corrected chi connectivity index (χ2v) is 6.80. The third-order valence-corrected chi connectivity index (χ3v) is 5.16. The van der Waals surface area contributed by atoms with Crippen LogP contribution in [0, 0.1) is 6.92 Å². The van der Waals surface area contributed by atoms with Gasteiger partial charge in [0.2, 0.25) is 0 Å². The number of rotatable bonds is 2. The summed E-state index contributed by atoms with van der Waals surface area (Å²) in [7, 11) is 0. The van der Waals surface area contributed by atoms with E-state index in [1.54, 1.807) is 0 Å². The van der Waals surface area contributed by atoms with Gasteiger partial charge in [-0.2, -0.15) is 0 Å². The number of anilines is 1. The van der Waals surface area contributed by atoms with Crippen LogP contribution < -0.4 is 5.32 Å². The number of aromatic nitrogens is 1. The molecule has 0 saturated carbocycles. The van der Waals surface area contributed by atoms with Crippen molar-refractivity contribution in [3.8, 4) is 16.9 Å². The highest BCUT2D eigenvalue weighted by atomic mass is 15.1. The minimum absolute atomic E-state index is 0.142. The zero-order valence-electron chi connectivity index (χ0n) is 14.7. The first-order valence-electron chi connectivity index (χ1n) is 9.01. The normalized spacial score (nSPS) is 15.0. The molecular weight excluding hydrogens is 316 g/mol. The van der Waals surface area contributed by atoms with Crippen LogP contribution in [-0.4, -0.2) is 4.57 Å². The molecule has 0 radical (unpaired) electrons. The molecule has 5 rings (SSSR count). The molecule has 26 heavy (non-hydrogen) atoms. The molecule has 1 aliphatic heterocycles. The second kappa shape index (κ2) is 5.92. The summed E-state index contributed by atoms with van der Waals surface area (Å²) < 4.78 is 2.42. The van der Waals surface area contributed by atoms with E-state index in [1.165, 1.54) is 39.5 Å². The molecule has 2 heteroatoms. The standard InChI is InChI=1S/C24H20N2/c1-17-16-22(18-10-4-2-5-11-18)26-21-15-9-8-14-20(21)25-23(24(17)26)19-12-6-3-7-13-19/h2-16,23,25H,1H3. The van der Waals surface area contributed by atoms with E-state index < -0.39 is 0 Å². The lowest BCUT2D eigenvalue weighted by atomic mass is 9.98. The number of hydrogen-bond donors (Lipinski definition) is 1. The Hall–Kier alpha value is -3.26. The highest BCUT2D eigenvalue weighted by Gasteiger charge is 2.29. The van der Waals surface area contributed by atoms with Crippen LogP contribution in [-0.2, 0) is 0 Å². The summed E-state index contributed by atoms with van der Waals surface area (Å²) >= 11 is 0. The SMILES string of the molecule is Cc1cc(-c2ccccc2)n2c1C(c1ccccc1)Nc1ccccc1-2. The quantitative estimate of drug-likeness (QED) is 0.477. The van der Waals surface area contributed by atoms with E-state index in [2.05, 4.69) is 108 Å². The fourth-order valence-electron chi connectivity index (χ4n) is 3.99. The number of aryl methyl sites for hydroxylation is 1. The molecule has 2 heterocycles. The van der Waals surface area contributed by atoms with Crippen LogP contribution in [0.2, 0.25) is 0 Å². The first-order chi connectivity index (χ1) is 12.8. The van der Waals surface area contributed by atoms with Crippen molar-refractivity contribution in [2.75, 3.05) is 5.32 Å². The maximum absolute atomic E-state index is 3.75. The molecule has 0 amide bonds. The molecule has 1 unspecified atom stereocenters. The maximum atomic E-state index is 3.75. The van der Waals surface area contributed by atoms with Crippen molar-refractivity contribution in [1.82, 2.24) is 4.57 Å². The van der Waals surface area contributed by atoms with Crippen molar-refractivity contribution in [3.63, 3.8) is 0 Å². The number of nitrogens with one attached hydrogen (secondary N) is 1. The van der Waals surface area contributed by atoms with Gasteiger partial charge < -0.3 is 9.88 Å². The first kappa shape index (κ1) is 15.0. The molecule has 0 aliphatic carbocycles. The van der Waals surface area contributed by atoms with Crippen molar-refractivity contribution in [2.24, 2.45) is 0 Å². The molecule has 0 fully saturated rings. The zero-order valence-corrected chi connectivity index (χ0v) is 14.7. The van der Waals surface area contributed by atoms with Crippen molar-refractivity contribution in [2.45, 2.75) is 13.0 Å². The van der Waals surface area contributed by atoms with Crippen molar-refractivity contribution < 1.29 is 0 Å². The number of fused-ring (bicyclic) bond motifs is 3. The Labute approximate surface area is 153 Å². The summed E-state index contributed by atoms with van der Waals surface area (Å²) in [6.07, 6.45) is 0. The minimum atomic E-state index is 0.142. The van der Waals surface area contributed by atoms with Gasteiger partial charge in [0.05, 0.1) is 28.8 Å². The Balaban J connectivity index is 1.80. The summed E-state index contributed by atoms with van der Waals surface area (Å²) in [4.78, 5) is 0. The Bertz CT molecular complexity index is 1060. The highest BCUT2D eigenvalue weighted by Crippen LogP contribution is 2.42. The Kier molecular flexibility index (Phi) is 3.42. The molecule has 1 atom stereocenters. The smallest absolute Gasteiger partial charge is 0.0926 e. The van der Waals surface area contributed by atoms with Gasteiger partial charge in [0.1, 0.15) is 0 Å². The summed E-state index contributed by atoms with van der Waals surface area (Å²) in [5.41, 5.74) is 8.76. The van der Waals surface area contributed by atoms with Gasteiger partial charge in [0.25, 0.3) is 0 Å². The lowest BCUT2D eigenvalue weighted by molar-refractivity contribution is 0.805. The molecule has 3 aromatic carbocycles. The lowest BCUT2D eigenvalue weighted by Crippen LogP contribution is -2.23. The van der Waals surface area contributed by atoms with E-state index >= 15 is 0 Å². The third-order valence-electron chi connectivity index (χ3n) is 5.16. The molecule has 126 valence electrons. The summed E-state index contributed by atoms with van der Waals surface area (Å²) in [6, 6.07) is 32.3. The van der Waals surface area contributed by atoms with E-state index in [-0.39, 0.29) is 6.04 Å². The van der Waals surface area contributed by atoms with Crippen molar-refractivity contribution in [3.05, 3.63) is 108 Å². The van der Waals surface area contributed by atoms with E-state index in [0.29, 0.717) is 0 Å². The van der Waals surface area contributed by atoms with Crippen LogP contribution in [0.5, 0.6) is 0 Å². The van der Waals surface area contributed by atoms with Gasteiger partial charge >= 0.3 is 0 Å². The molecular formula is C24H20N2. The highest BCUT2D eigenvalue weighted by molar-refractivity contribution is 5.75. The van der Waals surface area contributed by atoms with Gasteiger partial charge in [0.15, 0.2) is 0 Å². The monoisotopic (exact) mass is 336 g/mol. The average molecular weight is 336 g/mol. The van der Waals surface area contributed by atoms with Gasteiger partial charge in [-0.15, -0.1) is 0 Å². The van der Waals surface area contributed by atoms with Gasteiger partial charge in [-0.3, -0.25) is 0 Å². The summed E-state index contributed by atoms with van der Waals surface area (Å²) in [6.45, 7) is 2.21. The molecule has 1 N–H and O–H groups in total. The van der Waals surface area contributed by atoms with E-state index in [1.807, 2.05) is 0 Å². The molecule has 2 nitrogen and oxygen atoms in total.